The van der Waals surface area contributed by atoms with Crippen LogP contribution in [0.5, 0.6) is 0 Å². The van der Waals surface area contributed by atoms with Crippen LogP contribution in [0.1, 0.15) is 6.42 Å². The highest BCUT2D eigenvalue weighted by molar-refractivity contribution is 8.03. The van der Waals surface area contributed by atoms with Crippen molar-refractivity contribution in [3.8, 4) is 0 Å². The van der Waals surface area contributed by atoms with Crippen molar-refractivity contribution in [2.75, 3.05) is 5.88 Å². The van der Waals surface area contributed by atoms with E-state index in [9.17, 15) is 4.79 Å². The van der Waals surface area contributed by atoms with Gasteiger partial charge in [0.2, 0.25) is 5.91 Å². The largest absolute Gasteiger partial charge is 0.366 e. The summed E-state index contributed by atoms with van der Waals surface area (Å²) in [5, 5.41) is 3.32. The first-order chi connectivity index (χ1) is 5.77. The van der Waals surface area contributed by atoms with E-state index in [0.29, 0.717) is 11.6 Å². The zero-order chi connectivity index (χ0) is 8.55. The number of primary amides is 1. The predicted octanol–water partition coefficient (Wildman–Crippen LogP) is 0.348. The SMILES string of the molecule is NC(=O)C1=CCC2NCSC2=C1. The fourth-order valence-electron chi connectivity index (χ4n) is 1.40. The van der Waals surface area contributed by atoms with Crippen LogP contribution in [0.2, 0.25) is 0 Å². The van der Waals surface area contributed by atoms with Crippen molar-refractivity contribution in [3.63, 3.8) is 0 Å². The molecule has 0 radical (unpaired) electrons. The van der Waals surface area contributed by atoms with Gasteiger partial charge in [0.05, 0.1) is 0 Å². The lowest BCUT2D eigenvalue weighted by molar-refractivity contribution is -0.114. The van der Waals surface area contributed by atoms with Crippen molar-refractivity contribution in [3.05, 3.63) is 22.6 Å². The molecule has 2 aliphatic rings. The monoisotopic (exact) mass is 182 g/mol. The minimum Gasteiger partial charge on any atom is -0.366 e. The zero-order valence-electron chi connectivity index (χ0n) is 6.54. The normalized spacial score (nSPS) is 27.5. The van der Waals surface area contributed by atoms with E-state index in [-0.39, 0.29) is 5.91 Å². The van der Waals surface area contributed by atoms with Crippen LogP contribution in [0.4, 0.5) is 0 Å². The van der Waals surface area contributed by atoms with Crippen LogP contribution in [0.15, 0.2) is 22.6 Å². The van der Waals surface area contributed by atoms with Crippen LogP contribution in [0.25, 0.3) is 0 Å². The Hall–Kier alpha value is -0.740. The minimum atomic E-state index is -0.326. The number of amides is 1. The van der Waals surface area contributed by atoms with Crippen molar-refractivity contribution >= 4 is 17.7 Å². The molecule has 64 valence electrons. The number of fused-ring (bicyclic) bond motifs is 1. The highest BCUT2D eigenvalue weighted by Gasteiger charge is 2.24. The van der Waals surface area contributed by atoms with Gasteiger partial charge in [0.1, 0.15) is 0 Å². The van der Waals surface area contributed by atoms with Crippen molar-refractivity contribution in [2.45, 2.75) is 12.5 Å². The molecule has 0 aromatic carbocycles. The molecule has 1 heterocycles. The molecule has 0 aromatic rings. The molecule has 1 aliphatic heterocycles. The molecular weight excluding hydrogens is 172 g/mol. The summed E-state index contributed by atoms with van der Waals surface area (Å²) in [4.78, 5) is 12.1. The number of nitrogens with one attached hydrogen (secondary N) is 1. The number of hydrogen-bond acceptors (Lipinski definition) is 3. The van der Waals surface area contributed by atoms with Gasteiger partial charge in [-0.3, -0.25) is 10.1 Å². The van der Waals surface area contributed by atoms with Crippen LogP contribution in [0.3, 0.4) is 0 Å². The summed E-state index contributed by atoms with van der Waals surface area (Å²) >= 11 is 1.75. The fraction of sp³-hybridized carbons (Fsp3) is 0.375. The van der Waals surface area contributed by atoms with Gasteiger partial charge in [-0.15, -0.1) is 11.8 Å². The molecule has 1 amide bonds. The van der Waals surface area contributed by atoms with Gasteiger partial charge >= 0.3 is 0 Å². The number of hydrogen-bond donors (Lipinski definition) is 2. The summed E-state index contributed by atoms with van der Waals surface area (Å²) in [6, 6.07) is 0.429. The lowest BCUT2D eigenvalue weighted by Gasteiger charge is -2.14. The molecule has 1 aliphatic carbocycles. The lowest BCUT2D eigenvalue weighted by Crippen LogP contribution is -2.25. The van der Waals surface area contributed by atoms with Gasteiger partial charge in [-0.2, -0.15) is 0 Å². The van der Waals surface area contributed by atoms with Crippen molar-refractivity contribution in [1.29, 1.82) is 0 Å². The molecule has 12 heavy (non-hydrogen) atoms. The molecule has 0 bridgehead atoms. The van der Waals surface area contributed by atoms with Crippen LogP contribution in [-0.4, -0.2) is 17.8 Å². The van der Waals surface area contributed by atoms with Gasteiger partial charge in [0.15, 0.2) is 0 Å². The van der Waals surface area contributed by atoms with Gasteiger partial charge in [0.25, 0.3) is 0 Å². The maximum absolute atomic E-state index is 10.8. The Morgan fingerprint density at radius 3 is 3.33 bits per heavy atom. The Balaban J connectivity index is 2.22. The quantitative estimate of drug-likeness (QED) is 0.615. The summed E-state index contributed by atoms with van der Waals surface area (Å²) in [5.41, 5.74) is 5.82. The van der Waals surface area contributed by atoms with Crippen LogP contribution >= 0.6 is 11.8 Å². The van der Waals surface area contributed by atoms with Gasteiger partial charge in [-0.05, 0) is 12.5 Å². The second kappa shape index (κ2) is 2.95. The molecule has 4 heteroatoms. The summed E-state index contributed by atoms with van der Waals surface area (Å²) < 4.78 is 0. The van der Waals surface area contributed by atoms with E-state index in [4.69, 9.17) is 5.73 Å². The average Bonchev–Trinajstić information content (AvgIpc) is 2.49. The van der Waals surface area contributed by atoms with Crippen molar-refractivity contribution in [2.24, 2.45) is 5.73 Å². The second-order valence-corrected chi connectivity index (χ2v) is 3.90. The van der Waals surface area contributed by atoms with E-state index in [2.05, 4.69) is 5.32 Å². The maximum Gasteiger partial charge on any atom is 0.248 e. The van der Waals surface area contributed by atoms with Gasteiger partial charge in [-0.1, -0.05) is 6.08 Å². The average molecular weight is 182 g/mol. The Morgan fingerprint density at radius 2 is 2.58 bits per heavy atom. The summed E-state index contributed by atoms with van der Waals surface area (Å²) in [6.07, 6.45) is 4.67. The third kappa shape index (κ3) is 1.28. The molecule has 0 spiro atoms. The first kappa shape index (κ1) is 7.89. The highest BCUT2D eigenvalue weighted by Crippen LogP contribution is 2.31. The van der Waals surface area contributed by atoms with E-state index in [1.165, 1.54) is 4.91 Å². The molecule has 0 aromatic heterocycles. The lowest BCUT2D eigenvalue weighted by atomic mass is 10.0. The molecular formula is C8H10N2OS. The van der Waals surface area contributed by atoms with E-state index in [1.54, 1.807) is 11.8 Å². The molecule has 0 saturated carbocycles. The third-order valence-electron chi connectivity index (χ3n) is 2.07. The van der Waals surface area contributed by atoms with Crippen LogP contribution in [-0.2, 0) is 4.79 Å². The van der Waals surface area contributed by atoms with Gasteiger partial charge < -0.3 is 5.73 Å². The second-order valence-electron chi connectivity index (χ2n) is 2.85. The maximum atomic E-state index is 10.8. The summed E-state index contributed by atoms with van der Waals surface area (Å²) in [5.74, 6) is 0.615. The Morgan fingerprint density at radius 1 is 1.75 bits per heavy atom. The molecule has 1 saturated heterocycles. The minimum absolute atomic E-state index is 0.326. The molecule has 1 fully saturated rings. The Labute approximate surface area is 75.1 Å². The highest BCUT2D eigenvalue weighted by atomic mass is 32.2. The number of carbonyl (C=O) groups excluding carboxylic acids is 1. The number of carbonyl (C=O) groups is 1. The van der Waals surface area contributed by atoms with E-state index < -0.39 is 0 Å². The molecule has 1 unspecified atom stereocenters. The van der Waals surface area contributed by atoms with Gasteiger partial charge in [-0.25, -0.2) is 0 Å². The van der Waals surface area contributed by atoms with E-state index in [0.717, 1.165) is 12.3 Å². The first-order valence-electron chi connectivity index (χ1n) is 3.85. The van der Waals surface area contributed by atoms with Crippen molar-refractivity contribution < 1.29 is 4.79 Å². The van der Waals surface area contributed by atoms with Gasteiger partial charge in [0, 0.05) is 22.4 Å². The van der Waals surface area contributed by atoms with Crippen LogP contribution < -0.4 is 11.1 Å². The fourth-order valence-corrected chi connectivity index (χ4v) is 2.44. The third-order valence-corrected chi connectivity index (χ3v) is 3.11. The molecule has 1 atom stereocenters. The van der Waals surface area contributed by atoms with E-state index >= 15 is 0 Å². The Kier molecular flexibility index (Phi) is 1.94. The molecule has 3 nitrogen and oxygen atoms in total. The zero-order valence-corrected chi connectivity index (χ0v) is 7.36. The molecule has 2 rings (SSSR count). The first-order valence-corrected chi connectivity index (χ1v) is 4.83. The van der Waals surface area contributed by atoms with E-state index in [1.807, 2.05) is 12.2 Å². The van der Waals surface area contributed by atoms with Crippen LogP contribution in [0, 0.1) is 0 Å². The van der Waals surface area contributed by atoms with Crippen molar-refractivity contribution in [1.82, 2.24) is 5.32 Å². The summed E-state index contributed by atoms with van der Waals surface area (Å²) in [7, 11) is 0. The number of thioether (sulfide) groups is 1. The number of nitrogens with two attached hydrogens (primary N) is 1. The predicted molar refractivity (Wildman–Crippen MR) is 49.4 cm³/mol. The number of rotatable bonds is 1. The summed E-state index contributed by atoms with van der Waals surface area (Å²) in [6.45, 7) is 0. The standard InChI is InChI=1S/C8H10N2OS/c9-8(11)5-1-2-6-7(3-5)12-4-10-6/h1,3,6,10H,2,4H2,(H2,9,11). The smallest absolute Gasteiger partial charge is 0.248 e. The molecule has 3 N–H and O–H groups in total. The Bertz CT molecular complexity index is 283. The topological polar surface area (TPSA) is 55.1 Å².